The van der Waals surface area contributed by atoms with Crippen LogP contribution >= 0.6 is 21.6 Å². The lowest BCUT2D eigenvalue weighted by Gasteiger charge is -2.67. The van der Waals surface area contributed by atoms with E-state index in [9.17, 15) is 45.6 Å². The van der Waals surface area contributed by atoms with Gasteiger partial charge in [-0.1, -0.05) is 53.5 Å². The van der Waals surface area contributed by atoms with Gasteiger partial charge in [0.05, 0.1) is 31.2 Å². The SMILES string of the molecule is CCOC(=O)CCc1cc2ccoc2c2c1O[C@@H]1O[C@@]3(CSS[C@]4(CC[C@]5(CC[C@@H](CNC)C5)[C@@H]4CC[C@H](O)C[C@H](CO)Cc4cc[nH]c4)[C@H](CC[C@H](C)CCC[C@H]3O)NCCO2)[C@]2(O)C[C@@H]3C=C[C@@H](O)[C@H](CO)[C@H]3[C@@]1(O)[C@H]2O. The van der Waals surface area contributed by atoms with Gasteiger partial charge in [-0.3, -0.25) is 4.79 Å². The molecule has 17 nitrogen and oxygen atoms in total. The number of fused-ring (bicyclic) bond motifs is 11. The van der Waals surface area contributed by atoms with Crippen molar-refractivity contribution in [1.82, 2.24) is 15.6 Å². The molecule has 5 heterocycles. The Morgan fingerprint density at radius 1 is 1.03 bits per heavy atom. The maximum atomic E-state index is 13.8. The van der Waals surface area contributed by atoms with E-state index in [-0.39, 0.29) is 92.0 Å². The first-order valence-corrected chi connectivity index (χ1v) is 31.9. The van der Waals surface area contributed by atoms with Crippen molar-refractivity contribution >= 4 is 38.5 Å². The average molecular weight is 1140 g/mol. The lowest BCUT2D eigenvalue weighted by atomic mass is 9.50. The van der Waals surface area contributed by atoms with E-state index in [1.54, 1.807) is 35.9 Å². The second-order valence-electron chi connectivity index (χ2n) is 24.9. The number of carbonyl (C=O) groups is 1. The van der Waals surface area contributed by atoms with E-state index < -0.39 is 82.6 Å². The van der Waals surface area contributed by atoms with E-state index in [0.717, 1.165) is 69.9 Å². The third kappa shape index (κ3) is 11.1. The van der Waals surface area contributed by atoms with E-state index in [1.807, 2.05) is 31.6 Å². The van der Waals surface area contributed by atoms with Crippen molar-refractivity contribution in [2.45, 2.75) is 181 Å². The summed E-state index contributed by atoms with van der Waals surface area (Å²) in [7, 11) is 5.32. The second kappa shape index (κ2) is 24.7. The van der Waals surface area contributed by atoms with Crippen molar-refractivity contribution in [1.29, 1.82) is 0 Å². The number of aliphatic hydroxyl groups excluding tert-OH is 6. The lowest BCUT2D eigenvalue weighted by molar-refractivity contribution is -0.424. The summed E-state index contributed by atoms with van der Waals surface area (Å²) < 4.78 is 32.5. The summed E-state index contributed by atoms with van der Waals surface area (Å²) in [4.78, 5) is 16.2. The summed E-state index contributed by atoms with van der Waals surface area (Å²) in [5.74, 6) is -2.31. The third-order valence-electron chi connectivity index (χ3n) is 20.3. The number of ether oxygens (including phenoxy) is 4. The molecule has 0 amide bonds. The number of furan rings is 1. The minimum absolute atomic E-state index is 0.0299. The van der Waals surface area contributed by atoms with Gasteiger partial charge in [0, 0.05) is 72.3 Å². The number of allylic oxidation sites excluding steroid dienone is 1. The van der Waals surface area contributed by atoms with Crippen LogP contribution in [-0.2, 0) is 27.1 Å². The van der Waals surface area contributed by atoms with E-state index in [2.05, 4.69) is 22.5 Å². The first kappa shape index (κ1) is 59.3. The molecule has 3 aliphatic heterocycles. The molecule has 5 fully saturated rings. The zero-order chi connectivity index (χ0) is 55.7. The number of benzene rings is 1. The molecular weight excluding hydrogens is 1050 g/mol. The number of hydrogen-bond acceptors (Lipinski definition) is 18. The summed E-state index contributed by atoms with van der Waals surface area (Å²) in [6.45, 7) is 5.06. The van der Waals surface area contributed by atoms with Crippen molar-refractivity contribution in [2.75, 3.05) is 52.3 Å². The highest BCUT2D eigenvalue weighted by molar-refractivity contribution is 8.77. The van der Waals surface area contributed by atoms with Crippen LogP contribution in [0.4, 0.5) is 0 Å². The number of esters is 1. The maximum absolute atomic E-state index is 13.8. The fourth-order valence-electron chi connectivity index (χ4n) is 16.4. The summed E-state index contributed by atoms with van der Waals surface area (Å²) in [5.41, 5.74) is -4.93. The van der Waals surface area contributed by atoms with Crippen LogP contribution < -0.4 is 20.1 Å². The molecule has 3 spiro atoms. The van der Waals surface area contributed by atoms with Crippen LogP contribution in [0.25, 0.3) is 11.0 Å². The number of rotatable bonds is 15. The fraction of sp³-hybridized carbons (Fsp3) is 0.750. The van der Waals surface area contributed by atoms with Crippen LogP contribution in [0.1, 0.15) is 121 Å². The molecule has 0 radical (unpaired) electrons. The predicted octanol–water partition coefficient (Wildman–Crippen LogP) is 5.96. The highest BCUT2D eigenvalue weighted by Gasteiger charge is 2.78. The molecule has 18 atom stereocenters. The fourth-order valence-corrected chi connectivity index (χ4v) is 20.6. The summed E-state index contributed by atoms with van der Waals surface area (Å²) in [6.07, 6.45) is 12.2. The molecule has 4 aliphatic carbocycles. The normalized spacial score (nSPS) is 39.5. The van der Waals surface area contributed by atoms with Crippen molar-refractivity contribution in [3.63, 3.8) is 0 Å². The standard InChI is InChI=1S/C60H89N3O14S2/c1-4-73-49(69)15-10-40-28-41-18-24-74-51(41)53-52(40)76-55-60(72)50-42(9-12-45(67)44(50)34-65)30-58(71,54(60)70)59(77-55)35-78-79-57(47(63-23-25-75-53)14-8-36(2)6-5-7-48(59)68)21-20-56(19-16-38(29-56)31-61-3)46(57)13-11-43(66)27-39(33-64)26-37-17-22-62-32-37/h9,12,17-18,22,24,28,32,36,38-39,42-48,50,54-55,61-68,70-72H,4-8,10-11,13-16,19-21,23,25-27,29-31,33-35H2,1-3H3/t36-,38-,39-,42+,43+,44+,45-,46+,47+,48-,50+,54+,55-,56+,57+,58+,59-,60-/m1/s1. The maximum Gasteiger partial charge on any atom is 0.306 e. The van der Waals surface area contributed by atoms with Gasteiger partial charge in [0.25, 0.3) is 0 Å². The Balaban J connectivity index is 1.12. The Hall–Kier alpha value is -2.89. The molecule has 2 aromatic heterocycles. The van der Waals surface area contributed by atoms with E-state index >= 15 is 0 Å². The van der Waals surface area contributed by atoms with Crippen LogP contribution in [0.5, 0.6) is 11.5 Å². The highest BCUT2D eigenvalue weighted by Crippen LogP contribution is 2.69. The van der Waals surface area contributed by atoms with Gasteiger partial charge in [0.15, 0.2) is 16.9 Å². The number of nitrogens with one attached hydrogen (secondary N) is 3. The van der Waals surface area contributed by atoms with Crippen molar-refractivity contribution in [3.8, 4) is 11.5 Å². The number of hydrogen-bond donors (Lipinski definition) is 11. The van der Waals surface area contributed by atoms with Gasteiger partial charge in [-0.05, 0) is 175 Å². The monoisotopic (exact) mass is 1140 g/mol. The first-order valence-electron chi connectivity index (χ1n) is 29.6. The summed E-state index contributed by atoms with van der Waals surface area (Å²) >= 11 is 0. The van der Waals surface area contributed by atoms with Crippen LogP contribution in [-0.4, -0.2) is 162 Å². The molecule has 10 rings (SSSR count). The molecule has 0 unspecified atom stereocenters. The smallest absolute Gasteiger partial charge is 0.306 e. The molecule has 3 aromatic rings. The molecule has 79 heavy (non-hydrogen) atoms. The highest BCUT2D eigenvalue weighted by atomic mass is 33.1. The number of aliphatic hydroxyl groups is 8. The quantitative estimate of drug-likeness (QED) is 0.0476. The van der Waals surface area contributed by atoms with Gasteiger partial charge >= 0.3 is 5.97 Å². The van der Waals surface area contributed by atoms with E-state index in [0.29, 0.717) is 54.7 Å². The topological polar surface area (TPSA) is 269 Å². The number of aromatic nitrogens is 1. The van der Waals surface area contributed by atoms with Gasteiger partial charge in [-0.25, -0.2) is 0 Å². The van der Waals surface area contributed by atoms with Crippen molar-refractivity contribution < 1.29 is 69.0 Å². The molecule has 2 saturated heterocycles. The summed E-state index contributed by atoms with van der Waals surface area (Å²) in [5, 5.41) is 107. The van der Waals surface area contributed by atoms with Crippen LogP contribution in [0.3, 0.4) is 0 Å². The van der Waals surface area contributed by atoms with E-state index in [4.69, 9.17) is 23.4 Å². The number of carbonyl (C=O) groups excluding carboxylic acids is 1. The van der Waals surface area contributed by atoms with Crippen molar-refractivity contribution in [2.24, 2.45) is 46.8 Å². The number of aryl methyl sites for hydroxylation is 1. The molecule has 11 N–H and O–H groups in total. The molecule has 440 valence electrons. The Kier molecular flexibility index (Phi) is 18.6. The molecule has 7 aliphatic rings. The largest absolute Gasteiger partial charge is 0.485 e. The minimum Gasteiger partial charge on any atom is -0.485 e. The first-order chi connectivity index (χ1) is 38.1. The zero-order valence-corrected chi connectivity index (χ0v) is 48.1. The molecule has 3 saturated carbocycles. The predicted molar refractivity (Wildman–Crippen MR) is 302 cm³/mol. The molecular formula is C60H89N3O14S2. The lowest BCUT2D eigenvalue weighted by Crippen LogP contribution is -2.86. The Labute approximate surface area is 473 Å². The second-order valence-corrected chi connectivity index (χ2v) is 27.6. The Morgan fingerprint density at radius 2 is 1.87 bits per heavy atom. The van der Waals surface area contributed by atoms with Crippen molar-refractivity contribution in [3.05, 3.63) is 60.1 Å². The molecule has 19 heteroatoms. The van der Waals surface area contributed by atoms with Gasteiger partial charge in [-0.15, -0.1) is 0 Å². The van der Waals surface area contributed by atoms with Gasteiger partial charge < -0.3 is 79.8 Å². The van der Waals surface area contributed by atoms with Crippen LogP contribution in [0, 0.1) is 46.8 Å². The molecule has 5 bridgehead atoms. The average Bonchev–Trinajstić information content (AvgIpc) is 2.41. The Morgan fingerprint density at radius 3 is 2.65 bits per heavy atom. The minimum atomic E-state index is -2.52. The van der Waals surface area contributed by atoms with E-state index in [1.165, 1.54) is 17.1 Å². The molecule has 1 aromatic carbocycles. The third-order valence-corrected chi connectivity index (χ3v) is 23.7. The number of aromatic amines is 1. The Bertz CT molecular complexity index is 2540. The number of H-pyrrole nitrogens is 1. The summed E-state index contributed by atoms with van der Waals surface area (Å²) in [6, 6.07) is 5.56. The van der Waals surface area contributed by atoms with Gasteiger partial charge in [0.1, 0.15) is 23.9 Å². The van der Waals surface area contributed by atoms with Gasteiger partial charge in [-0.2, -0.15) is 0 Å². The van der Waals surface area contributed by atoms with Gasteiger partial charge in [0.2, 0.25) is 12.0 Å². The van der Waals surface area contributed by atoms with Crippen LogP contribution in [0.2, 0.25) is 0 Å². The zero-order valence-electron chi connectivity index (χ0n) is 46.4. The van der Waals surface area contributed by atoms with Crippen LogP contribution in [0.15, 0.2) is 53.4 Å².